The minimum atomic E-state index is -0.986. The van der Waals surface area contributed by atoms with Gasteiger partial charge in [-0.2, -0.15) is 0 Å². The highest BCUT2D eigenvalue weighted by Gasteiger charge is 2.11. The molecule has 0 spiro atoms. The molecule has 0 radical (unpaired) electrons. The number of benzene rings is 2. The summed E-state index contributed by atoms with van der Waals surface area (Å²) in [5.74, 6) is -2.48. The van der Waals surface area contributed by atoms with E-state index in [1.54, 1.807) is 12.1 Å². The van der Waals surface area contributed by atoms with Gasteiger partial charge in [0.25, 0.3) is 5.91 Å². The van der Waals surface area contributed by atoms with Crippen LogP contribution in [0.15, 0.2) is 54.6 Å². The first-order chi connectivity index (χ1) is 12.9. The highest BCUT2D eigenvalue weighted by Crippen LogP contribution is 2.23. The van der Waals surface area contributed by atoms with Crippen LogP contribution in [0.25, 0.3) is 11.1 Å². The van der Waals surface area contributed by atoms with Crippen LogP contribution < -0.4 is 5.32 Å². The highest BCUT2D eigenvalue weighted by molar-refractivity contribution is 7.13. The molecule has 7 heteroatoms. The Bertz CT molecular complexity index is 1000. The number of hydrogen-bond donors (Lipinski definition) is 2. The van der Waals surface area contributed by atoms with Crippen LogP contribution in [0.2, 0.25) is 0 Å². The van der Waals surface area contributed by atoms with E-state index in [4.69, 9.17) is 5.11 Å². The summed E-state index contributed by atoms with van der Waals surface area (Å²) in [6, 6.07) is 12.8. The zero-order valence-electron chi connectivity index (χ0n) is 14.0. The Hall–Kier alpha value is -3.06. The molecule has 2 aromatic carbocycles. The van der Waals surface area contributed by atoms with Crippen molar-refractivity contribution in [2.24, 2.45) is 0 Å². The van der Waals surface area contributed by atoms with Gasteiger partial charge < -0.3 is 10.4 Å². The average Bonchev–Trinajstić information content (AvgIpc) is 3.10. The first kappa shape index (κ1) is 18.7. The van der Waals surface area contributed by atoms with E-state index >= 15 is 0 Å². The van der Waals surface area contributed by atoms with Gasteiger partial charge in [0.05, 0.1) is 0 Å². The number of hydrogen-bond acceptors (Lipinski definition) is 3. The lowest BCUT2D eigenvalue weighted by Crippen LogP contribution is -2.25. The van der Waals surface area contributed by atoms with Crippen LogP contribution in [-0.2, 0) is 6.42 Å². The summed E-state index contributed by atoms with van der Waals surface area (Å²) >= 11 is 1.15. The van der Waals surface area contributed by atoms with Gasteiger partial charge in [0.1, 0.15) is 16.5 Å². The zero-order chi connectivity index (χ0) is 19.4. The fourth-order valence-electron chi connectivity index (χ4n) is 2.58. The van der Waals surface area contributed by atoms with E-state index in [0.717, 1.165) is 22.3 Å². The molecule has 1 heterocycles. The summed E-state index contributed by atoms with van der Waals surface area (Å²) in [4.78, 5) is 24.2. The van der Waals surface area contributed by atoms with Crippen LogP contribution in [0.4, 0.5) is 8.78 Å². The summed E-state index contributed by atoms with van der Waals surface area (Å²) in [7, 11) is 0. The van der Waals surface area contributed by atoms with E-state index in [1.807, 2.05) is 0 Å². The molecular formula is C20H15F2NO3S. The molecule has 0 bridgehead atoms. The Balaban J connectivity index is 1.68. The number of carboxylic acid groups (broad SMARTS) is 1. The van der Waals surface area contributed by atoms with Crippen molar-refractivity contribution in [3.05, 3.63) is 81.5 Å². The molecule has 0 fully saturated rings. The number of thiophene rings is 1. The standard InChI is InChI=1S/C20H15F2NO3S/c21-15-3-1-2-12(9-15)13-8-14(11-16(22)10-13)19(24)23-7-6-17-4-5-18(27-17)20(25)26/h1-5,8-11H,6-7H2,(H,23,24)(H,25,26). The molecular weight excluding hydrogens is 372 g/mol. The summed E-state index contributed by atoms with van der Waals surface area (Å²) < 4.78 is 27.3. The van der Waals surface area contributed by atoms with Crippen LogP contribution in [0.3, 0.4) is 0 Å². The maximum absolute atomic E-state index is 13.9. The van der Waals surface area contributed by atoms with Crippen LogP contribution >= 0.6 is 11.3 Å². The van der Waals surface area contributed by atoms with Gasteiger partial charge in [-0.05, 0) is 60.0 Å². The Morgan fingerprint density at radius 1 is 0.963 bits per heavy atom. The number of halogens is 2. The van der Waals surface area contributed by atoms with E-state index in [0.29, 0.717) is 17.5 Å². The van der Waals surface area contributed by atoms with E-state index in [1.165, 1.54) is 36.4 Å². The van der Waals surface area contributed by atoms with Crippen LogP contribution in [0.1, 0.15) is 24.9 Å². The second kappa shape index (κ2) is 8.09. The quantitative estimate of drug-likeness (QED) is 0.660. The molecule has 1 aromatic heterocycles. The molecule has 138 valence electrons. The second-order valence-corrected chi connectivity index (χ2v) is 6.98. The Morgan fingerprint density at radius 3 is 2.44 bits per heavy atom. The fraction of sp³-hybridized carbons (Fsp3) is 0.100. The van der Waals surface area contributed by atoms with Gasteiger partial charge in [-0.15, -0.1) is 11.3 Å². The van der Waals surface area contributed by atoms with Crippen molar-refractivity contribution in [1.82, 2.24) is 5.32 Å². The van der Waals surface area contributed by atoms with Gasteiger partial charge in [0.2, 0.25) is 0 Å². The SMILES string of the molecule is O=C(NCCc1ccc(C(=O)O)s1)c1cc(F)cc(-c2cccc(F)c2)c1. The number of rotatable bonds is 6. The molecule has 3 aromatic rings. The smallest absolute Gasteiger partial charge is 0.345 e. The number of carbonyl (C=O) groups excluding carboxylic acids is 1. The predicted molar refractivity (Wildman–Crippen MR) is 99.1 cm³/mol. The lowest BCUT2D eigenvalue weighted by Gasteiger charge is -2.08. The third-order valence-corrected chi connectivity index (χ3v) is 4.98. The molecule has 0 saturated heterocycles. The van der Waals surface area contributed by atoms with Crippen molar-refractivity contribution in [3.8, 4) is 11.1 Å². The van der Waals surface area contributed by atoms with E-state index in [-0.39, 0.29) is 17.0 Å². The predicted octanol–water partition coefficient (Wildman–Crippen LogP) is 4.36. The topological polar surface area (TPSA) is 66.4 Å². The number of nitrogens with one attached hydrogen (secondary N) is 1. The summed E-state index contributed by atoms with van der Waals surface area (Å²) in [5, 5.41) is 11.6. The summed E-state index contributed by atoms with van der Waals surface area (Å²) in [5.41, 5.74) is 1.01. The minimum absolute atomic E-state index is 0.131. The van der Waals surface area contributed by atoms with Crippen molar-refractivity contribution in [2.75, 3.05) is 6.54 Å². The molecule has 0 atom stereocenters. The summed E-state index contributed by atoms with van der Waals surface area (Å²) in [6.07, 6.45) is 0.468. The van der Waals surface area contributed by atoms with Gasteiger partial charge in [0.15, 0.2) is 0 Å². The molecule has 0 aliphatic heterocycles. The Kier molecular flexibility index (Phi) is 5.61. The molecule has 3 rings (SSSR count). The number of carboxylic acids is 1. The van der Waals surface area contributed by atoms with E-state index in [2.05, 4.69) is 5.32 Å². The van der Waals surface area contributed by atoms with Gasteiger partial charge >= 0.3 is 5.97 Å². The highest BCUT2D eigenvalue weighted by atomic mass is 32.1. The van der Waals surface area contributed by atoms with E-state index in [9.17, 15) is 18.4 Å². The van der Waals surface area contributed by atoms with Gasteiger partial charge in [-0.3, -0.25) is 4.79 Å². The van der Waals surface area contributed by atoms with Crippen molar-refractivity contribution >= 4 is 23.2 Å². The molecule has 4 nitrogen and oxygen atoms in total. The number of amides is 1. The second-order valence-electron chi connectivity index (χ2n) is 5.82. The maximum Gasteiger partial charge on any atom is 0.345 e. The lowest BCUT2D eigenvalue weighted by atomic mass is 10.0. The first-order valence-electron chi connectivity index (χ1n) is 8.09. The summed E-state index contributed by atoms with van der Waals surface area (Å²) in [6.45, 7) is 0.282. The van der Waals surface area contributed by atoms with Crippen LogP contribution in [0.5, 0.6) is 0 Å². The third-order valence-electron chi connectivity index (χ3n) is 3.85. The Labute approximate surface area is 158 Å². The van der Waals surface area contributed by atoms with E-state index < -0.39 is 23.5 Å². The average molecular weight is 387 g/mol. The molecule has 0 aliphatic carbocycles. The van der Waals surface area contributed by atoms with Crippen LogP contribution in [-0.4, -0.2) is 23.5 Å². The minimum Gasteiger partial charge on any atom is -0.477 e. The number of aromatic carboxylic acids is 1. The lowest BCUT2D eigenvalue weighted by molar-refractivity contribution is 0.0702. The monoisotopic (exact) mass is 387 g/mol. The molecule has 27 heavy (non-hydrogen) atoms. The van der Waals surface area contributed by atoms with Crippen molar-refractivity contribution in [2.45, 2.75) is 6.42 Å². The van der Waals surface area contributed by atoms with Crippen molar-refractivity contribution in [3.63, 3.8) is 0 Å². The third kappa shape index (κ3) is 4.77. The maximum atomic E-state index is 13.9. The fourth-order valence-corrected chi connectivity index (χ4v) is 3.43. The zero-order valence-corrected chi connectivity index (χ0v) is 14.9. The normalized spacial score (nSPS) is 10.6. The first-order valence-corrected chi connectivity index (χ1v) is 8.91. The van der Waals surface area contributed by atoms with Gasteiger partial charge in [-0.1, -0.05) is 12.1 Å². The van der Waals surface area contributed by atoms with Gasteiger partial charge in [0, 0.05) is 17.0 Å². The Morgan fingerprint density at radius 2 is 1.74 bits per heavy atom. The molecule has 0 aliphatic rings. The molecule has 0 saturated carbocycles. The van der Waals surface area contributed by atoms with Crippen molar-refractivity contribution < 1.29 is 23.5 Å². The molecule has 0 unspecified atom stereocenters. The van der Waals surface area contributed by atoms with Gasteiger partial charge in [-0.25, -0.2) is 13.6 Å². The molecule has 2 N–H and O–H groups in total. The number of carbonyl (C=O) groups is 2. The van der Waals surface area contributed by atoms with Crippen molar-refractivity contribution in [1.29, 1.82) is 0 Å². The van der Waals surface area contributed by atoms with Crippen LogP contribution in [0, 0.1) is 11.6 Å². The molecule has 1 amide bonds. The largest absolute Gasteiger partial charge is 0.477 e.